The molecule has 2 aromatic carbocycles. The predicted molar refractivity (Wildman–Crippen MR) is 72.7 cm³/mol. The molecule has 0 radical (unpaired) electrons. The quantitative estimate of drug-likeness (QED) is 0.779. The number of rotatable bonds is 0. The summed E-state index contributed by atoms with van der Waals surface area (Å²) in [5, 5.41) is 0.634. The van der Waals surface area contributed by atoms with E-state index in [1.807, 2.05) is 24.3 Å². The summed E-state index contributed by atoms with van der Waals surface area (Å²) in [5.41, 5.74) is 1.93. The van der Waals surface area contributed by atoms with Gasteiger partial charge in [-0.3, -0.25) is 0 Å². The minimum Gasteiger partial charge on any atom is -0.245 e. The van der Waals surface area contributed by atoms with Crippen LogP contribution in [0, 0.1) is 4.78 Å². The Hall–Kier alpha value is -1.32. The minimum absolute atomic E-state index is 0.608. The van der Waals surface area contributed by atoms with Crippen molar-refractivity contribution in [1.29, 1.82) is 4.78 Å². The van der Waals surface area contributed by atoms with E-state index in [1.165, 1.54) is 0 Å². The van der Waals surface area contributed by atoms with E-state index in [9.17, 15) is 4.21 Å². The van der Waals surface area contributed by atoms with E-state index in [0.717, 1.165) is 24.0 Å². The molecular formula is C14H12ClNOS. The summed E-state index contributed by atoms with van der Waals surface area (Å²) >= 11 is 5.98. The number of hydrogen-bond acceptors (Lipinski definition) is 2. The van der Waals surface area contributed by atoms with Gasteiger partial charge in [-0.15, -0.1) is 0 Å². The molecular weight excluding hydrogens is 266 g/mol. The van der Waals surface area contributed by atoms with Gasteiger partial charge in [0.05, 0.1) is 9.79 Å². The number of aryl methyl sites for hydroxylation is 2. The van der Waals surface area contributed by atoms with Crippen molar-refractivity contribution >= 4 is 21.3 Å². The lowest BCUT2D eigenvalue weighted by molar-refractivity contribution is 0.674. The van der Waals surface area contributed by atoms with E-state index in [2.05, 4.69) is 0 Å². The molecule has 0 spiro atoms. The molecule has 1 aliphatic heterocycles. The lowest BCUT2D eigenvalue weighted by Gasteiger charge is -2.10. The van der Waals surface area contributed by atoms with Gasteiger partial charge in [0, 0.05) is 5.02 Å². The molecule has 1 heterocycles. The monoisotopic (exact) mass is 277 g/mol. The molecule has 0 aliphatic carbocycles. The fourth-order valence-electron chi connectivity index (χ4n) is 2.40. The lowest BCUT2D eigenvalue weighted by Crippen LogP contribution is -2.02. The number of halogens is 1. The van der Waals surface area contributed by atoms with Crippen LogP contribution < -0.4 is 0 Å². The first-order valence-electron chi connectivity index (χ1n) is 5.74. The molecule has 92 valence electrons. The topological polar surface area (TPSA) is 40.9 Å². The maximum Gasteiger partial charge on any atom is 0.102 e. The molecule has 0 saturated heterocycles. The standard InChI is InChI=1S/C14H12ClNOS/c15-12-7-8-14-11(9-12)6-5-10-3-1-2-4-13(10)18(14,16)17/h1-4,7-9,16H,5-6H2. The van der Waals surface area contributed by atoms with Crippen LogP contribution in [0.1, 0.15) is 11.1 Å². The van der Waals surface area contributed by atoms with E-state index in [-0.39, 0.29) is 0 Å². The smallest absolute Gasteiger partial charge is 0.102 e. The second-order valence-electron chi connectivity index (χ2n) is 4.42. The highest BCUT2D eigenvalue weighted by atomic mass is 35.5. The Morgan fingerprint density at radius 3 is 2.50 bits per heavy atom. The molecule has 4 heteroatoms. The van der Waals surface area contributed by atoms with Crippen LogP contribution in [-0.2, 0) is 22.6 Å². The predicted octanol–water partition coefficient (Wildman–Crippen LogP) is 3.90. The Kier molecular flexibility index (Phi) is 2.68. The summed E-state index contributed by atoms with van der Waals surface area (Å²) < 4.78 is 21.1. The molecule has 3 rings (SSSR count). The van der Waals surface area contributed by atoms with E-state index in [1.54, 1.807) is 18.2 Å². The Morgan fingerprint density at radius 2 is 1.67 bits per heavy atom. The van der Waals surface area contributed by atoms with Gasteiger partial charge in [-0.1, -0.05) is 29.8 Å². The molecule has 0 fully saturated rings. The first kappa shape index (κ1) is 11.8. The van der Waals surface area contributed by atoms with Gasteiger partial charge in [-0.2, -0.15) is 0 Å². The second kappa shape index (κ2) is 4.11. The summed E-state index contributed by atoms with van der Waals surface area (Å²) in [4.78, 5) is 1.25. The van der Waals surface area contributed by atoms with Crippen LogP contribution in [0.2, 0.25) is 5.02 Å². The Balaban J connectivity index is 2.33. The third kappa shape index (κ3) is 1.74. The van der Waals surface area contributed by atoms with E-state index in [4.69, 9.17) is 16.4 Å². The van der Waals surface area contributed by atoms with Crippen LogP contribution in [0.15, 0.2) is 52.3 Å². The third-order valence-corrected chi connectivity index (χ3v) is 5.55. The van der Waals surface area contributed by atoms with Crippen LogP contribution in [0.3, 0.4) is 0 Å². The van der Waals surface area contributed by atoms with Gasteiger partial charge in [0.1, 0.15) is 9.73 Å². The molecule has 1 unspecified atom stereocenters. The largest absolute Gasteiger partial charge is 0.245 e. The fourth-order valence-corrected chi connectivity index (χ4v) is 4.43. The zero-order valence-electron chi connectivity index (χ0n) is 9.65. The van der Waals surface area contributed by atoms with E-state index in [0.29, 0.717) is 14.8 Å². The van der Waals surface area contributed by atoms with Gasteiger partial charge in [0.25, 0.3) is 0 Å². The van der Waals surface area contributed by atoms with Crippen molar-refractivity contribution in [2.24, 2.45) is 0 Å². The van der Waals surface area contributed by atoms with Crippen molar-refractivity contribution in [3.8, 4) is 0 Å². The minimum atomic E-state index is -2.91. The molecule has 1 aliphatic rings. The van der Waals surface area contributed by atoms with Crippen LogP contribution in [0.5, 0.6) is 0 Å². The molecule has 1 atom stereocenters. The van der Waals surface area contributed by atoms with Crippen molar-refractivity contribution in [3.63, 3.8) is 0 Å². The normalized spacial score (nSPS) is 21.8. The summed E-state index contributed by atoms with van der Waals surface area (Å²) in [5.74, 6) is 0. The molecule has 2 nitrogen and oxygen atoms in total. The number of hydrogen-bond donors (Lipinski definition) is 1. The molecule has 0 amide bonds. The molecule has 0 bridgehead atoms. The maximum absolute atomic E-state index is 12.8. The summed E-state index contributed by atoms with van der Waals surface area (Å²) in [7, 11) is -2.91. The van der Waals surface area contributed by atoms with Crippen molar-refractivity contribution < 1.29 is 4.21 Å². The van der Waals surface area contributed by atoms with Gasteiger partial charge in [0.2, 0.25) is 0 Å². The Bertz CT molecular complexity index is 722. The van der Waals surface area contributed by atoms with Crippen LogP contribution in [-0.4, -0.2) is 4.21 Å². The Morgan fingerprint density at radius 1 is 1.00 bits per heavy atom. The van der Waals surface area contributed by atoms with Crippen molar-refractivity contribution in [1.82, 2.24) is 0 Å². The van der Waals surface area contributed by atoms with Crippen LogP contribution in [0.4, 0.5) is 0 Å². The third-order valence-electron chi connectivity index (χ3n) is 3.28. The highest BCUT2D eigenvalue weighted by Crippen LogP contribution is 2.33. The van der Waals surface area contributed by atoms with Crippen molar-refractivity contribution in [2.45, 2.75) is 22.6 Å². The highest BCUT2D eigenvalue weighted by Gasteiger charge is 2.23. The first-order chi connectivity index (χ1) is 8.59. The highest BCUT2D eigenvalue weighted by molar-refractivity contribution is 7.92. The van der Waals surface area contributed by atoms with Gasteiger partial charge >= 0.3 is 0 Å². The van der Waals surface area contributed by atoms with Gasteiger partial charge < -0.3 is 0 Å². The fraction of sp³-hybridized carbons (Fsp3) is 0.143. The first-order valence-corrected chi connectivity index (χ1v) is 7.68. The van der Waals surface area contributed by atoms with Crippen molar-refractivity contribution in [3.05, 3.63) is 58.6 Å². The average Bonchev–Trinajstić information content (AvgIpc) is 2.46. The number of benzene rings is 2. The average molecular weight is 278 g/mol. The molecule has 0 saturated carbocycles. The number of fused-ring (bicyclic) bond motifs is 2. The molecule has 18 heavy (non-hydrogen) atoms. The molecule has 1 N–H and O–H groups in total. The summed E-state index contributed by atoms with van der Waals surface area (Å²) in [6.45, 7) is 0. The van der Waals surface area contributed by atoms with Gasteiger partial charge in [-0.25, -0.2) is 8.99 Å². The lowest BCUT2D eigenvalue weighted by atomic mass is 10.0. The van der Waals surface area contributed by atoms with Crippen molar-refractivity contribution in [2.75, 3.05) is 0 Å². The van der Waals surface area contributed by atoms with Gasteiger partial charge in [0.15, 0.2) is 0 Å². The summed E-state index contributed by atoms with van der Waals surface area (Å²) in [6.07, 6.45) is 1.59. The second-order valence-corrected chi connectivity index (χ2v) is 6.84. The van der Waals surface area contributed by atoms with E-state index >= 15 is 0 Å². The zero-order valence-corrected chi connectivity index (χ0v) is 11.2. The van der Waals surface area contributed by atoms with Gasteiger partial charge in [-0.05, 0) is 48.2 Å². The van der Waals surface area contributed by atoms with E-state index < -0.39 is 9.73 Å². The molecule has 2 aromatic rings. The number of nitrogens with one attached hydrogen (secondary N) is 1. The van der Waals surface area contributed by atoms with Crippen LogP contribution >= 0.6 is 11.6 Å². The van der Waals surface area contributed by atoms with Crippen LogP contribution in [0.25, 0.3) is 0 Å². The maximum atomic E-state index is 12.8. The zero-order chi connectivity index (χ0) is 12.8. The Labute approximate surface area is 112 Å². The molecule has 0 aromatic heterocycles. The SMILES string of the molecule is N=S1(=O)c2ccccc2CCc2cc(Cl)ccc21. The summed E-state index contributed by atoms with van der Waals surface area (Å²) in [6, 6.07) is 12.8.